The molecule has 3 aliphatic heterocycles. The largest absolute Gasteiger partial charge is 0.493 e. The smallest absolute Gasteiger partial charge is 0.271 e. The molecule has 0 spiro atoms. The number of anilines is 1. The number of hydrogen-bond acceptors (Lipinski definition) is 11. The molecule has 4 aromatic rings. The van der Waals surface area contributed by atoms with Crippen LogP contribution in [0, 0.1) is 0 Å². The van der Waals surface area contributed by atoms with Gasteiger partial charge in [-0.25, -0.2) is 0 Å². The maximum Gasteiger partial charge on any atom is 0.271 e. The minimum Gasteiger partial charge on any atom is -0.493 e. The van der Waals surface area contributed by atoms with Gasteiger partial charge in [-0.3, -0.25) is 48.8 Å². The van der Waals surface area contributed by atoms with Crippen LogP contribution < -0.4 is 20.7 Å². The maximum absolute atomic E-state index is 13.3. The number of ether oxygens (including phenoxy) is 1. The molecule has 0 saturated carbocycles. The molecule has 0 aliphatic carbocycles. The third-order valence-electron chi connectivity index (χ3n) is 10.7. The van der Waals surface area contributed by atoms with Crippen LogP contribution in [0.2, 0.25) is 10.0 Å². The van der Waals surface area contributed by atoms with Gasteiger partial charge in [-0.15, -0.1) is 5.10 Å². The van der Waals surface area contributed by atoms with E-state index in [4.69, 9.17) is 27.9 Å². The normalized spacial score (nSPS) is 17.3. The lowest BCUT2D eigenvalue weighted by Gasteiger charge is -2.32. The van der Waals surface area contributed by atoms with E-state index in [-0.39, 0.29) is 75.3 Å². The maximum atomic E-state index is 13.3. The lowest BCUT2D eigenvalue weighted by Crippen LogP contribution is -2.54. The number of H-pyrrole nitrogens is 1. The van der Waals surface area contributed by atoms with Gasteiger partial charge in [-0.2, -0.15) is 5.10 Å². The van der Waals surface area contributed by atoms with E-state index in [1.807, 2.05) is 6.20 Å². The number of aromatic nitrogens is 5. The van der Waals surface area contributed by atoms with Gasteiger partial charge in [0, 0.05) is 44.7 Å². The number of benzene rings is 2. The number of imide groups is 2. The minimum atomic E-state index is -1.04. The highest BCUT2D eigenvalue weighted by atomic mass is 35.5. The molecule has 17 nitrogen and oxygen atoms in total. The molecule has 2 fully saturated rings. The Morgan fingerprint density at radius 3 is 2.42 bits per heavy atom. The summed E-state index contributed by atoms with van der Waals surface area (Å²) in [5.74, 6) is -2.86. The lowest BCUT2D eigenvalue weighted by molar-refractivity contribution is -0.136. The molecule has 4 N–H and O–H groups in total. The minimum absolute atomic E-state index is 0.00618. The zero-order valence-electron chi connectivity index (χ0n) is 32.2. The molecular weight excluding hydrogens is 803 g/mol. The number of fused-ring (bicyclic) bond motifs is 1. The van der Waals surface area contributed by atoms with Crippen LogP contribution in [-0.4, -0.2) is 109 Å². The van der Waals surface area contributed by atoms with Crippen LogP contribution in [0.3, 0.4) is 0 Å². The van der Waals surface area contributed by atoms with Crippen LogP contribution in [0.1, 0.15) is 105 Å². The first-order chi connectivity index (χ1) is 28.6. The van der Waals surface area contributed by atoms with E-state index in [1.54, 1.807) is 35.0 Å². The molecule has 0 radical (unpaired) electrons. The first-order valence-corrected chi connectivity index (χ1v) is 20.5. The van der Waals surface area contributed by atoms with Gasteiger partial charge in [0.05, 0.1) is 50.9 Å². The van der Waals surface area contributed by atoms with E-state index in [0.29, 0.717) is 13.0 Å². The number of carbonyl (C=O) groups excluding carboxylic acids is 6. The highest BCUT2D eigenvalue weighted by Crippen LogP contribution is 2.34. The van der Waals surface area contributed by atoms with E-state index >= 15 is 0 Å². The molecule has 0 bridgehead atoms. The summed E-state index contributed by atoms with van der Waals surface area (Å²) >= 11 is 12.3. The Kier molecular flexibility index (Phi) is 13.3. The van der Waals surface area contributed by atoms with Gasteiger partial charge < -0.3 is 20.3 Å². The number of aryl methyl sites for hydroxylation is 2. The van der Waals surface area contributed by atoms with Crippen molar-refractivity contribution in [3.05, 3.63) is 86.9 Å². The van der Waals surface area contributed by atoms with Crippen molar-refractivity contribution >= 4 is 64.3 Å². The second kappa shape index (κ2) is 18.9. The zero-order chi connectivity index (χ0) is 41.5. The van der Waals surface area contributed by atoms with Crippen molar-refractivity contribution in [1.29, 1.82) is 0 Å². The second-order valence-corrected chi connectivity index (χ2v) is 15.6. The number of halogens is 2. The van der Waals surface area contributed by atoms with Crippen molar-refractivity contribution in [3.63, 3.8) is 0 Å². The van der Waals surface area contributed by atoms with Crippen LogP contribution >= 0.6 is 23.2 Å². The van der Waals surface area contributed by atoms with Crippen LogP contribution in [0.4, 0.5) is 5.69 Å². The quantitative estimate of drug-likeness (QED) is 0.0862. The predicted octanol–water partition coefficient (Wildman–Crippen LogP) is 4.43. The lowest BCUT2D eigenvalue weighted by atomic mass is 10.0. The van der Waals surface area contributed by atoms with Crippen LogP contribution in [-0.2, 0) is 22.6 Å². The molecule has 5 heterocycles. The number of nitrogens with one attached hydrogen (secondary N) is 4. The molecule has 2 aromatic heterocycles. The molecule has 6 amide bonds. The molecule has 310 valence electrons. The average molecular weight is 848 g/mol. The predicted molar refractivity (Wildman–Crippen MR) is 215 cm³/mol. The zero-order valence-corrected chi connectivity index (χ0v) is 33.7. The topological polar surface area (TPSA) is 214 Å². The summed E-state index contributed by atoms with van der Waals surface area (Å²) in [5, 5.41) is 23.5. The fraction of sp³-hybridized carbons (Fsp3) is 0.425. The Balaban J connectivity index is 0.754. The second-order valence-electron chi connectivity index (χ2n) is 14.8. The van der Waals surface area contributed by atoms with Gasteiger partial charge in [-0.05, 0) is 69.3 Å². The number of nitrogens with zero attached hydrogens (tertiary/aromatic N) is 6. The van der Waals surface area contributed by atoms with Crippen molar-refractivity contribution < 1.29 is 33.5 Å². The van der Waals surface area contributed by atoms with Crippen LogP contribution in [0.5, 0.6) is 5.75 Å². The van der Waals surface area contributed by atoms with Crippen LogP contribution in [0.15, 0.2) is 48.8 Å². The summed E-state index contributed by atoms with van der Waals surface area (Å²) in [6.07, 6.45) is 10.7. The number of aromatic amines is 1. The fourth-order valence-corrected chi connectivity index (χ4v) is 8.15. The van der Waals surface area contributed by atoms with Crippen molar-refractivity contribution in [3.8, 4) is 5.75 Å². The van der Waals surface area contributed by atoms with Gasteiger partial charge >= 0.3 is 0 Å². The van der Waals surface area contributed by atoms with Crippen molar-refractivity contribution in [1.82, 2.24) is 45.6 Å². The number of hydrogen-bond donors (Lipinski definition) is 4. The van der Waals surface area contributed by atoms with Gasteiger partial charge in [0.2, 0.25) is 11.8 Å². The van der Waals surface area contributed by atoms with E-state index < -0.39 is 35.6 Å². The number of likely N-dealkylation sites (tertiary alicyclic amines) is 1. The van der Waals surface area contributed by atoms with Crippen molar-refractivity contribution in [2.45, 2.75) is 82.8 Å². The molecule has 7 rings (SSSR count). The molecular formula is C40H44Cl2N10O7. The highest BCUT2D eigenvalue weighted by molar-refractivity contribution is 6.40. The van der Waals surface area contributed by atoms with E-state index in [1.165, 1.54) is 12.3 Å². The highest BCUT2D eigenvalue weighted by Gasteiger charge is 2.46. The molecule has 1 unspecified atom stereocenters. The van der Waals surface area contributed by atoms with Gasteiger partial charge in [0.1, 0.15) is 17.5 Å². The van der Waals surface area contributed by atoms with Crippen molar-refractivity contribution in [2.75, 3.05) is 31.6 Å². The standard InChI is InChI=1S/C40H44Cl2N10O7/c41-27-10-6-11-28(42)34(27)37(55)45-29-22-43-48-35(29)38(56)44-24-15-19-50(20-16-24)17-4-2-1-3-8-25-23-51(49-47-25)18-7-21-59-31-12-5-9-26-33(31)40(58)52(39(26)57)30-13-14-32(53)46-36(30)54/h5-6,9-12,22-24,30H,1-4,7-8,13-21H2,(H,43,48)(H,44,56)(H,45,55)(H,46,53,54). The van der Waals surface area contributed by atoms with E-state index in [9.17, 15) is 28.8 Å². The summed E-state index contributed by atoms with van der Waals surface area (Å²) in [4.78, 5) is 79.6. The number of rotatable bonds is 17. The van der Waals surface area contributed by atoms with Gasteiger partial charge in [0.25, 0.3) is 23.6 Å². The third kappa shape index (κ3) is 9.80. The summed E-state index contributed by atoms with van der Waals surface area (Å²) < 4.78 is 7.70. The average Bonchev–Trinajstić information content (AvgIpc) is 3.94. The third-order valence-corrected chi connectivity index (χ3v) is 11.3. The first kappa shape index (κ1) is 41.5. The SMILES string of the molecule is O=C1CCC(N2C(=O)c3cccc(OCCCn4cc(CCCCCCN5CCC(NC(=O)c6[nH]ncc6NC(=O)c6c(Cl)cccc6Cl)CC5)nn4)c3C2=O)C(=O)N1. The van der Waals surface area contributed by atoms with Crippen molar-refractivity contribution in [2.24, 2.45) is 0 Å². The molecule has 59 heavy (non-hydrogen) atoms. The molecule has 2 saturated heterocycles. The molecule has 19 heteroatoms. The summed E-state index contributed by atoms with van der Waals surface area (Å²) in [5.41, 5.74) is 1.75. The Labute approximate surface area is 349 Å². The number of piperidine rings is 2. The van der Waals surface area contributed by atoms with Crippen LogP contribution in [0.25, 0.3) is 0 Å². The number of amides is 6. The Bertz CT molecular complexity index is 2210. The molecule has 3 aliphatic rings. The Morgan fingerprint density at radius 1 is 0.881 bits per heavy atom. The fourth-order valence-electron chi connectivity index (χ4n) is 7.58. The first-order valence-electron chi connectivity index (χ1n) is 19.8. The summed E-state index contributed by atoms with van der Waals surface area (Å²) in [7, 11) is 0. The Morgan fingerprint density at radius 2 is 1.64 bits per heavy atom. The number of carbonyl (C=O) groups is 6. The molecule has 2 aromatic carbocycles. The number of unbranched alkanes of at least 4 members (excludes halogenated alkanes) is 3. The van der Waals surface area contributed by atoms with E-state index in [2.05, 4.69) is 41.4 Å². The molecule has 1 atom stereocenters. The van der Waals surface area contributed by atoms with Gasteiger partial charge in [0.15, 0.2) is 0 Å². The van der Waals surface area contributed by atoms with Gasteiger partial charge in [-0.1, -0.05) is 53.4 Å². The summed E-state index contributed by atoms with van der Waals surface area (Å²) in [6, 6.07) is 8.55. The van der Waals surface area contributed by atoms with E-state index in [0.717, 1.165) is 75.2 Å². The summed E-state index contributed by atoms with van der Waals surface area (Å²) in [6.45, 7) is 3.58. The monoisotopic (exact) mass is 846 g/mol. The Hall–Kier alpha value is -5.65.